The SMILES string of the molecule is COC(=O)CCN(C)S(=O)(=O)N1CCCC(CCO)C1. The number of aliphatic hydroxyl groups is 1. The van der Waals surface area contributed by atoms with E-state index in [-0.39, 0.29) is 25.5 Å². The number of aliphatic hydroxyl groups excluding tert-OH is 1. The number of hydrogen-bond donors (Lipinski definition) is 1. The molecule has 1 saturated heterocycles. The summed E-state index contributed by atoms with van der Waals surface area (Å²) in [7, 11) is -0.795. The van der Waals surface area contributed by atoms with E-state index in [2.05, 4.69) is 4.74 Å². The third kappa shape index (κ3) is 4.69. The van der Waals surface area contributed by atoms with E-state index < -0.39 is 16.2 Å². The summed E-state index contributed by atoms with van der Waals surface area (Å²) in [5.74, 6) is -0.221. The summed E-state index contributed by atoms with van der Waals surface area (Å²) in [6.45, 7) is 1.12. The van der Waals surface area contributed by atoms with Gasteiger partial charge >= 0.3 is 5.97 Å². The van der Waals surface area contributed by atoms with Crippen LogP contribution in [0, 0.1) is 5.92 Å². The summed E-state index contributed by atoms with van der Waals surface area (Å²) >= 11 is 0. The molecule has 1 unspecified atom stereocenters. The minimum atomic E-state index is -3.54. The fourth-order valence-corrected chi connectivity index (χ4v) is 3.79. The minimum Gasteiger partial charge on any atom is -0.469 e. The fourth-order valence-electron chi connectivity index (χ4n) is 2.32. The van der Waals surface area contributed by atoms with E-state index >= 15 is 0 Å². The molecule has 1 atom stereocenters. The maximum Gasteiger partial charge on any atom is 0.306 e. The molecule has 0 radical (unpaired) electrons. The maximum atomic E-state index is 12.4. The molecule has 118 valence electrons. The highest BCUT2D eigenvalue weighted by Crippen LogP contribution is 2.22. The number of nitrogens with zero attached hydrogens (tertiary/aromatic N) is 2. The van der Waals surface area contributed by atoms with E-state index in [1.54, 1.807) is 0 Å². The van der Waals surface area contributed by atoms with Crippen LogP contribution in [0.2, 0.25) is 0 Å². The Morgan fingerprint density at radius 2 is 2.20 bits per heavy atom. The molecule has 7 nitrogen and oxygen atoms in total. The first-order valence-electron chi connectivity index (χ1n) is 6.81. The normalized spacial score (nSPS) is 21.1. The van der Waals surface area contributed by atoms with Gasteiger partial charge in [-0.05, 0) is 25.2 Å². The second-order valence-electron chi connectivity index (χ2n) is 5.03. The van der Waals surface area contributed by atoms with Crippen molar-refractivity contribution in [2.45, 2.75) is 25.7 Å². The van der Waals surface area contributed by atoms with Crippen molar-refractivity contribution >= 4 is 16.2 Å². The third-order valence-corrected chi connectivity index (χ3v) is 5.55. The Bertz CT molecular complexity index is 410. The topological polar surface area (TPSA) is 87.2 Å². The van der Waals surface area contributed by atoms with Crippen LogP contribution in [0.3, 0.4) is 0 Å². The third-order valence-electron chi connectivity index (χ3n) is 3.60. The van der Waals surface area contributed by atoms with E-state index in [4.69, 9.17) is 5.11 Å². The van der Waals surface area contributed by atoms with E-state index in [0.29, 0.717) is 19.5 Å². The molecule has 1 heterocycles. The second-order valence-corrected chi connectivity index (χ2v) is 7.07. The largest absolute Gasteiger partial charge is 0.469 e. The number of piperidine rings is 1. The monoisotopic (exact) mass is 308 g/mol. The molecule has 1 N–H and O–H groups in total. The van der Waals surface area contributed by atoms with Crippen molar-refractivity contribution in [3.63, 3.8) is 0 Å². The quantitative estimate of drug-likeness (QED) is 0.659. The number of methoxy groups -OCH3 is 1. The van der Waals surface area contributed by atoms with Gasteiger partial charge in [-0.25, -0.2) is 0 Å². The number of rotatable bonds is 7. The molecule has 1 aliphatic heterocycles. The molecular formula is C12H24N2O5S. The molecule has 0 amide bonds. The van der Waals surface area contributed by atoms with Gasteiger partial charge in [0.25, 0.3) is 10.2 Å². The number of ether oxygens (including phenoxy) is 1. The highest BCUT2D eigenvalue weighted by molar-refractivity contribution is 7.86. The summed E-state index contributed by atoms with van der Waals surface area (Å²) in [4.78, 5) is 11.1. The van der Waals surface area contributed by atoms with Crippen LogP contribution in [-0.4, -0.2) is 68.5 Å². The molecule has 8 heteroatoms. The van der Waals surface area contributed by atoms with E-state index in [1.165, 1.54) is 22.8 Å². The Morgan fingerprint density at radius 1 is 1.50 bits per heavy atom. The molecular weight excluding hydrogens is 284 g/mol. The molecule has 1 aliphatic rings. The lowest BCUT2D eigenvalue weighted by Crippen LogP contribution is -2.47. The summed E-state index contributed by atoms with van der Waals surface area (Å²) in [5, 5.41) is 8.96. The smallest absolute Gasteiger partial charge is 0.306 e. The van der Waals surface area contributed by atoms with Gasteiger partial charge in [0, 0.05) is 33.3 Å². The molecule has 0 saturated carbocycles. The van der Waals surface area contributed by atoms with Gasteiger partial charge in [-0.3, -0.25) is 4.79 Å². The van der Waals surface area contributed by atoms with Crippen LogP contribution in [0.15, 0.2) is 0 Å². The number of esters is 1. The lowest BCUT2D eigenvalue weighted by atomic mass is 9.97. The Balaban J connectivity index is 2.60. The predicted molar refractivity (Wildman–Crippen MR) is 74.2 cm³/mol. The summed E-state index contributed by atoms with van der Waals surface area (Å²) in [5.41, 5.74) is 0. The van der Waals surface area contributed by atoms with Gasteiger partial charge < -0.3 is 9.84 Å². The Morgan fingerprint density at radius 3 is 2.80 bits per heavy atom. The number of carbonyl (C=O) groups excluding carboxylic acids is 1. The number of carbonyl (C=O) groups is 1. The molecule has 0 aromatic heterocycles. The van der Waals surface area contributed by atoms with Crippen LogP contribution in [-0.2, 0) is 19.7 Å². The second kappa shape index (κ2) is 7.92. The first-order chi connectivity index (χ1) is 9.41. The molecule has 1 fully saturated rings. The van der Waals surface area contributed by atoms with Crippen molar-refractivity contribution in [3.8, 4) is 0 Å². The summed E-state index contributed by atoms with van der Waals surface area (Å²) in [6.07, 6.45) is 2.41. The predicted octanol–water partition coefficient (Wildman–Crippen LogP) is -0.179. The zero-order valence-electron chi connectivity index (χ0n) is 12.1. The fraction of sp³-hybridized carbons (Fsp3) is 0.917. The minimum absolute atomic E-state index is 0.0418. The Labute approximate surface area is 120 Å². The van der Waals surface area contributed by atoms with Crippen LogP contribution < -0.4 is 0 Å². The van der Waals surface area contributed by atoms with Gasteiger partial charge in [-0.1, -0.05) is 0 Å². The Hall–Kier alpha value is -0.700. The van der Waals surface area contributed by atoms with Crippen LogP contribution in [0.1, 0.15) is 25.7 Å². The highest BCUT2D eigenvalue weighted by Gasteiger charge is 2.31. The molecule has 0 aromatic rings. The van der Waals surface area contributed by atoms with Crippen molar-refractivity contribution in [2.75, 3.05) is 40.4 Å². The van der Waals surface area contributed by atoms with Crippen LogP contribution in [0.4, 0.5) is 0 Å². The van der Waals surface area contributed by atoms with Gasteiger partial charge in [-0.15, -0.1) is 0 Å². The zero-order valence-corrected chi connectivity index (χ0v) is 12.9. The van der Waals surface area contributed by atoms with Crippen molar-refractivity contribution in [3.05, 3.63) is 0 Å². The van der Waals surface area contributed by atoms with Crippen LogP contribution >= 0.6 is 0 Å². The average molecular weight is 308 g/mol. The van der Waals surface area contributed by atoms with Gasteiger partial charge in [0.05, 0.1) is 13.5 Å². The van der Waals surface area contributed by atoms with E-state index in [0.717, 1.165) is 12.8 Å². The first kappa shape index (κ1) is 17.4. The van der Waals surface area contributed by atoms with Crippen LogP contribution in [0.25, 0.3) is 0 Å². The zero-order chi connectivity index (χ0) is 15.2. The van der Waals surface area contributed by atoms with Crippen molar-refractivity contribution in [1.29, 1.82) is 0 Å². The Kier molecular flexibility index (Phi) is 6.87. The maximum absolute atomic E-state index is 12.4. The molecule has 0 aromatic carbocycles. The molecule has 0 spiro atoms. The standard InChI is InChI=1S/C12H24N2O5S/c1-13(8-5-12(16)19-2)20(17,18)14-7-3-4-11(10-14)6-9-15/h11,15H,3-10H2,1-2H3. The average Bonchev–Trinajstić information content (AvgIpc) is 2.44. The number of hydrogen-bond acceptors (Lipinski definition) is 5. The summed E-state index contributed by atoms with van der Waals surface area (Å²) < 4.78 is 31.9. The highest BCUT2D eigenvalue weighted by atomic mass is 32.2. The van der Waals surface area contributed by atoms with Crippen molar-refractivity contribution < 1.29 is 23.1 Å². The van der Waals surface area contributed by atoms with Crippen molar-refractivity contribution in [1.82, 2.24) is 8.61 Å². The lowest BCUT2D eigenvalue weighted by molar-refractivity contribution is -0.140. The summed E-state index contributed by atoms with van der Waals surface area (Å²) in [6, 6.07) is 0. The van der Waals surface area contributed by atoms with E-state index in [9.17, 15) is 13.2 Å². The van der Waals surface area contributed by atoms with Crippen molar-refractivity contribution in [2.24, 2.45) is 5.92 Å². The molecule has 0 aliphatic carbocycles. The molecule has 20 heavy (non-hydrogen) atoms. The van der Waals surface area contributed by atoms with Gasteiger partial charge in [-0.2, -0.15) is 17.0 Å². The lowest BCUT2D eigenvalue weighted by Gasteiger charge is -2.34. The first-order valence-corrected chi connectivity index (χ1v) is 8.20. The van der Waals surface area contributed by atoms with Crippen LogP contribution in [0.5, 0.6) is 0 Å². The van der Waals surface area contributed by atoms with Gasteiger partial charge in [0.2, 0.25) is 0 Å². The molecule has 0 bridgehead atoms. The molecule has 1 rings (SSSR count). The van der Waals surface area contributed by atoms with Gasteiger partial charge in [0.15, 0.2) is 0 Å². The van der Waals surface area contributed by atoms with Gasteiger partial charge in [0.1, 0.15) is 0 Å². The van der Waals surface area contributed by atoms with E-state index in [1.807, 2.05) is 0 Å².